The normalized spacial score (nSPS) is 17.5. The molecule has 2 aromatic rings. The SMILES string of the molecule is CC(C)(O)CNC(=O)C(c1cccnc1)N(C(=O)C1CCCN1)c1ccc(C(C)(C)C)cc1. The molecule has 2 heterocycles. The zero-order valence-corrected chi connectivity index (χ0v) is 20.3. The van der Waals surface area contributed by atoms with Gasteiger partial charge < -0.3 is 15.7 Å². The van der Waals surface area contributed by atoms with Gasteiger partial charge >= 0.3 is 0 Å². The molecule has 2 atom stereocenters. The summed E-state index contributed by atoms with van der Waals surface area (Å²) in [6.07, 6.45) is 4.88. The Hall–Kier alpha value is -2.77. The van der Waals surface area contributed by atoms with Crippen LogP contribution in [0.5, 0.6) is 0 Å². The van der Waals surface area contributed by atoms with Crippen molar-refractivity contribution in [1.29, 1.82) is 0 Å². The van der Waals surface area contributed by atoms with Gasteiger partial charge in [-0.25, -0.2) is 0 Å². The predicted octanol–water partition coefficient (Wildman–Crippen LogP) is 3.09. The number of anilines is 1. The van der Waals surface area contributed by atoms with Crippen molar-refractivity contribution in [3.8, 4) is 0 Å². The van der Waals surface area contributed by atoms with Crippen molar-refractivity contribution in [2.24, 2.45) is 0 Å². The first-order valence-corrected chi connectivity index (χ1v) is 11.5. The van der Waals surface area contributed by atoms with E-state index in [0.717, 1.165) is 24.9 Å². The lowest BCUT2D eigenvalue weighted by Gasteiger charge is -2.34. The topological polar surface area (TPSA) is 94.6 Å². The van der Waals surface area contributed by atoms with Crippen LogP contribution in [0.3, 0.4) is 0 Å². The zero-order chi connectivity index (χ0) is 24.2. The van der Waals surface area contributed by atoms with E-state index in [1.165, 1.54) is 0 Å². The number of amides is 2. The van der Waals surface area contributed by atoms with E-state index in [4.69, 9.17) is 0 Å². The first-order chi connectivity index (χ1) is 15.5. The summed E-state index contributed by atoms with van der Waals surface area (Å²) in [4.78, 5) is 33.0. The van der Waals surface area contributed by atoms with Crippen LogP contribution in [-0.2, 0) is 15.0 Å². The molecule has 1 aliphatic heterocycles. The highest BCUT2D eigenvalue weighted by atomic mass is 16.3. The molecule has 0 saturated carbocycles. The second-order valence-electron chi connectivity index (χ2n) is 10.4. The van der Waals surface area contributed by atoms with Crippen molar-refractivity contribution in [3.63, 3.8) is 0 Å². The molecule has 3 N–H and O–H groups in total. The lowest BCUT2D eigenvalue weighted by Crippen LogP contribution is -2.51. The molecule has 0 radical (unpaired) electrons. The Kier molecular flexibility index (Phi) is 7.55. The molecule has 1 aromatic carbocycles. The van der Waals surface area contributed by atoms with Crippen molar-refractivity contribution in [1.82, 2.24) is 15.6 Å². The van der Waals surface area contributed by atoms with E-state index in [0.29, 0.717) is 11.3 Å². The fourth-order valence-corrected chi connectivity index (χ4v) is 3.94. The minimum atomic E-state index is -1.08. The summed E-state index contributed by atoms with van der Waals surface area (Å²) in [5.74, 6) is -0.514. The third-order valence-corrected chi connectivity index (χ3v) is 5.81. The number of hydrogen-bond donors (Lipinski definition) is 3. The summed E-state index contributed by atoms with van der Waals surface area (Å²) in [6.45, 7) is 10.5. The summed E-state index contributed by atoms with van der Waals surface area (Å²) in [5.41, 5.74) is 1.28. The maximum absolute atomic E-state index is 13.8. The van der Waals surface area contributed by atoms with Crippen molar-refractivity contribution >= 4 is 17.5 Å². The highest BCUT2D eigenvalue weighted by Gasteiger charge is 2.37. The van der Waals surface area contributed by atoms with Gasteiger partial charge in [0.25, 0.3) is 0 Å². The quantitative estimate of drug-likeness (QED) is 0.600. The summed E-state index contributed by atoms with van der Waals surface area (Å²) in [5, 5.41) is 16.2. The van der Waals surface area contributed by atoms with Crippen LogP contribution in [-0.4, -0.2) is 46.6 Å². The van der Waals surface area contributed by atoms with Crippen LogP contribution in [0.25, 0.3) is 0 Å². The van der Waals surface area contributed by atoms with Gasteiger partial charge in [0.1, 0.15) is 6.04 Å². The van der Waals surface area contributed by atoms with E-state index in [9.17, 15) is 14.7 Å². The zero-order valence-electron chi connectivity index (χ0n) is 20.3. The molecule has 1 fully saturated rings. The fraction of sp³-hybridized carbons (Fsp3) is 0.500. The van der Waals surface area contributed by atoms with Gasteiger partial charge in [0.2, 0.25) is 11.8 Å². The van der Waals surface area contributed by atoms with Crippen LogP contribution in [0.15, 0.2) is 48.8 Å². The van der Waals surface area contributed by atoms with E-state index >= 15 is 0 Å². The van der Waals surface area contributed by atoms with E-state index in [1.807, 2.05) is 24.3 Å². The second-order valence-corrected chi connectivity index (χ2v) is 10.4. The van der Waals surface area contributed by atoms with Gasteiger partial charge in [-0.05, 0) is 62.4 Å². The number of carbonyl (C=O) groups is 2. The third kappa shape index (κ3) is 6.39. The minimum absolute atomic E-state index is 0.0345. The third-order valence-electron chi connectivity index (χ3n) is 5.81. The smallest absolute Gasteiger partial charge is 0.247 e. The molecule has 178 valence electrons. The van der Waals surface area contributed by atoms with Crippen LogP contribution in [0.4, 0.5) is 5.69 Å². The molecule has 2 amide bonds. The number of aromatic nitrogens is 1. The summed E-state index contributed by atoms with van der Waals surface area (Å²) in [6, 6.07) is 10.1. The number of nitrogens with zero attached hydrogens (tertiary/aromatic N) is 2. The number of benzene rings is 1. The van der Waals surface area contributed by atoms with E-state index in [2.05, 4.69) is 36.4 Å². The van der Waals surface area contributed by atoms with Crippen molar-refractivity contribution in [3.05, 3.63) is 59.9 Å². The second kappa shape index (κ2) is 10.0. The van der Waals surface area contributed by atoms with Crippen molar-refractivity contribution < 1.29 is 14.7 Å². The van der Waals surface area contributed by atoms with Gasteiger partial charge in [-0.15, -0.1) is 0 Å². The van der Waals surface area contributed by atoms with Gasteiger partial charge in [-0.2, -0.15) is 0 Å². The number of nitrogens with one attached hydrogen (secondary N) is 2. The Labute approximate surface area is 196 Å². The van der Waals surface area contributed by atoms with E-state index < -0.39 is 11.6 Å². The van der Waals surface area contributed by atoms with Crippen molar-refractivity contribution in [2.45, 2.75) is 70.6 Å². The molecule has 1 saturated heterocycles. The fourth-order valence-electron chi connectivity index (χ4n) is 3.94. The molecular formula is C26H36N4O3. The Bertz CT molecular complexity index is 940. The summed E-state index contributed by atoms with van der Waals surface area (Å²) < 4.78 is 0. The molecular weight excluding hydrogens is 416 g/mol. The highest BCUT2D eigenvalue weighted by Crippen LogP contribution is 2.32. The number of carbonyl (C=O) groups excluding carboxylic acids is 2. The van der Waals surface area contributed by atoms with E-state index in [1.54, 1.807) is 43.3 Å². The van der Waals surface area contributed by atoms with Gasteiger partial charge in [0, 0.05) is 30.2 Å². The molecule has 2 unspecified atom stereocenters. The lowest BCUT2D eigenvalue weighted by atomic mass is 9.87. The first kappa shape index (κ1) is 24.9. The number of pyridine rings is 1. The van der Waals surface area contributed by atoms with Gasteiger partial charge in [0.05, 0.1) is 11.6 Å². The molecule has 0 aliphatic carbocycles. The average Bonchev–Trinajstić information content (AvgIpc) is 3.30. The van der Waals surface area contributed by atoms with Crippen LogP contribution >= 0.6 is 0 Å². The largest absolute Gasteiger partial charge is 0.389 e. The predicted molar refractivity (Wildman–Crippen MR) is 130 cm³/mol. The van der Waals surface area contributed by atoms with Crippen LogP contribution in [0, 0.1) is 0 Å². The number of hydrogen-bond acceptors (Lipinski definition) is 5. The maximum atomic E-state index is 13.8. The standard InChI is InChI=1S/C26H36N4O3/c1-25(2,3)19-10-12-20(13-11-19)30(24(32)21-9-7-15-28-21)22(18-8-6-14-27-16-18)23(31)29-17-26(4,5)33/h6,8,10-14,16,21-22,28,33H,7,9,15,17H2,1-5H3,(H,29,31). The van der Waals surface area contributed by atoms with Crippen LogP contribution < -0.4 is 15.5 Å². The maximum Gasteiger partial charge on any atom is 0.247 e. The highest BCUT2D eigenvalue weighted by molar-refractivity contribution is 6.03. The molecule has 33 heavy (non-hydrogen) atoms. The monoisotopic (exact) mass is 452 g/mol. The number of rotatable bonds is 7. The minimum Gasteiger partial charge on any atom is -0.389 e. The summed E-state index contributed by atoms with van der Waals surface area (Å²) in [7, 11) is 0. The first-order valence-electron chi connectivity index (χ1n) is 11.5. The summed E-state index contributed by atoms with van der Waals surface area (Å²) >= 11 is 0. The molecule has 7 heteroatoms. The van der Waals surface area contributed by atoms with Crippen LogP contribution in [0.1, 0.15) is 64.6 Å². The van der Waals surface area contributed by atoms with E-state index in [-0.39, 0.29) is 29.8 Å². The Morgan fingerprint density at radius 2 is 1.88 bits per heavy atom. The lowest BCUT2D eigenvalue weighted by molar-refractivity contribution is -0.128. The Morgan fingerprint density at radius 1 is 1.18 bits per heavy atom. The molecule has 3 rings (SSSR count). The average molecular weight is 453 g/mol. The van der Waals surface area contributed by atoms with Gasteiger partial charge in [-0.1, -0.05) is 39.0 Å². The van der Waals surface area contributed by atoms with Gasteiger partial charge in [-0.3, -0.25) is 19.5 Å². The van der Waals surface area contributed by atoms with Crippen molar-refractivity contribution in [2.75, 3.05) is 18.0 Å². The molecule has 7 nitrogen and oxygen atoms in total. The Balaban J connectivity index is 2.06. The number of aliphatic hydroxyl groups is 1. The molecule has 1 aromatic heterocycles. The molecule has 1 aliphatic rings. The molecule has 0 spiro atoms. The molecule has 0 bridgehead atoms. The van der Waals surface area contributed by atoms with Crippen LogP contribution in [0.2, 0.25) is 0 Å². The Morgan fingerprint density at radius 3 is 2.39 bits per heavy atom. The van der Waals surface area contributed by atoms with Gasteiger partial charge in [0.15, 0.2) is 0 Å².